The van der Waals surface area contributed by atoms with E-state index in [1.807, 2.05) is 0 Å². The van der Waals surface area contributed by atoms with Crippen molar-refractivity contribution in [3.05, 3.63) is 60.4 Å². The molecule has 1 saturated heterocycles. The van der Waals surface area contributed by atoms with Crippen LogP contribution in [0.2, 0.25) is 0 Å². The van der Waals surface area contributed by atoms with Crippen molar-refractivity contribution in [3.63, 3.8) is 0 Å². The fourth-order valence-electron chi connectivity index (χ4n) is 4.53. The molecule has 2 unspecified atom stereocenters. The van der Waals surface area contributed by atoms with Gasteiger partial charge in [-0.1, -0.05) is 24.6 Å². The van der Waals surface area contributed by atoms with Crippen molar-refractivity contribution < 1.29 is 47.5 Å². The number of nitrogens with two attached hydrogens (primary N) is 1. The van der Waals surface area contributed by atoms with E-state index < -0.39 is 56.8 Å². The molecule has 2 aromatic rings. The van der Waals surface area contributed by atoms with Crippen LogP contribution in [0.4, 0.5) is 0 Å². The summed E-state index contributed by atoms with van der Waals surface area (Å²) in [4.78, 5) is 24.3. The average Bonchev–Trinajstić information content (AvgIpc) is 3.22. The number of aromatic nitrogens is 1. The Labute approximate surface area is 226 Å². The number of carbonyl (C=O) groups excluding carboxylic acids is 2. The van der Waals surface area contributed by atoms with Gasteiger partial charge in [0.15, 0.2) is 18.5 Å². The summed E-state index contributed by atoms with van der Waals surface area (Å²) in [6.07, 6.45) is 2.40. The number of rotatable bonds is 11. The molecule has 1 aliphatic heterocycles. The second-order valence-electron chi connectivity index (χ2n) is 9.70. The molecule has 2 fully saturated rings. The van der Waals surface area contributed by atoms with Gasteiger partial charge in [-0.25, -0.2) is 4.57 Å². The van der Waals surface area contributed by atoms with Crippen LogP contribution in [-0.4, -0.2) is 59.2 Å². The highest BCUT2D eigenvalue weighted by molar-refractivity contribution is 7.52. The summed E-state index contributed by atoms with van der Waals surface area (Å²) in [5.74, 6) is -1.02. The Morgan fingerprint density at radius 2 is 1.85 bits per heavy atom. The van der Waals surface area contributed by atoms with E-state index in [0.29, 0.717) is 0 Å². The van der Waals surface area contributed by atoms with Gasteiger partial charge in [-0.2, -0.15) is 9.65 Å². The number of nitrogens with one attached hydrogen (secondary N) is 1. The minimum Gasteiger partial charge on any atom is -0.461 e. The zero-order valence-electron chi connectivity index (χ0n) is 21.6. The van der Waals surface area contributed by atoms with Gasteiger partial charge in [0.05, 0.1) is 6.61 Å². The Morgan fingerprint density at radius 1 is 1.13 bits per heavy atom. The molecule has 0 spiro atoms. The summed E-state index contributed by atoms with van der Waals surface area (Å²) in [7, 11) is -4.21. The second kappa shape index (κ2) is 13.0. The van der Waals surface area contributed by atoms with E-state index in [-0.39, 0.29) is 17.4 Å². The molecule has 12 nitrogen and oxygen atoms in total. The number of hydrogen-bond acceptors (Lipinski definition) is 9. The summed E-state index contributed by atoms with van der Waals surface area (Å²) in [6.45, 7) is 1.05. The van der Waals surface area contributed by atoms with Crippen LogP contribution >= 0.6 is 7.75 Å². The van der Waals surface area contributed by atoms with E-state index >= 15 is 0 Å². The van der Waals surface area contributed by atoms with Crippen LogP contribution in [0.15, 0.2) is 54.9 Å². The maximum Gasteiger partial charge on any atom is 0.459 e. The van der Waals surface area contributed by atoms with Crippen molar-refractivity contribution in [1.29, 1.82) is 0 Å². The van der Waals surface area contributed by atoms with E-state index in [1.165, 1.54) is 23.8 Å². The fourth-order valence-corrected chi connectivity index (χ4v) is 6.03. The number of aliphatic hydroxyl groups is 2. The summed E-state index contributed by atoms with van der Waals surface area (Å²) >= 11 is 0. The standard InChI is InChI=1S/C26H34N3O9P/c1-17(26(33)36-19-10-4-2-5-11-19)28-39(34,38-20-12-6-3-7-13-20)35-16-21-22(30)23(31)25(37-21)29-14-8-9-18(15-29)24(27)32/h3,6-9,12-15,17,19,21-23,25,30-31H,2,4-5,10-11,16H2,1H3,(H2-,27,28,32,34)/p+1/t17-,21+,22?,23-,25+,39?/m0/s1. The summed E-state index contributed by atoms with van der Waals surface area (Å²) < 4.78 is 37.8. The molecule has 212 valence electrons. The molecule has 1 aromatic carbocycles. The smallest absolute Gasteiger partial charge is 0.459 e. The quantitative estimate of drug-likeness (QED) is 0.179. The van der Waals surface area contributed by atoms with Crippen molar-refractivity contribution in [2.75, 3.05) is 6.61 Å². The van der Waals surface area contributed by atoms with Crippen LogP contribution in [-0.2, 0) is 23.4 Å². The highest BCUT2D eigenvalue weighted by atomic mass is 31.2. The van der Waals surface area contributed by atoms with Gasteiger partial charge in [0, 0.05) is 6.07 Å². The molecule has 6 atom stereocenters. The van der Waals surface area contributed by atoms with Gasteiger partial charge in [-0.15, -0.1) is 0 Å². The number of amides is 1. The van der Waals surface area contributed by atoms with Gasteiger partial charge in [-0.05, 0) is 50.8 Å². The number of ether oxygens (including phenoxy) is 2. The van der Waals surface area contributed by atoms with Gasteiger partial charge in [-0.3, -0.25) is 14.1 Å². The topological polar surface area (TPSA) is 171 Å². The molecule has 5 N–H and O–H groups in total. The number of esters is 1. The predicted molar refractivity (Wildman–Crippen MR) is 137 cm³/mol. The second-order valence-corrected chi connectivity index (χ2v) is 11.4. The predicted octanol–water partition coefficient (Wildman–Crippen LogP) is 1.75. The molecule has 0 radical (unpaired) electrons. The summed E-state index contributed by atoms with van der Waals surface area (Å²) in [6, 6.07) is 10.3. The zero-order valence-corrected chi connectivity index (χ0v) is 22.5. The molecule has 1 aromatic heterocycles. The molecule has 2 heterocycles. The van der Waals surface area contributed by atoms with Gasteiger partial charge in [0.25, 0.3) is 12.1 Å². The third kappa shape index (κ3) is 7.63. The highest BCUT2D eigenvalue weighted by Gasteiger charge is 2.49. The first kappa shape index (κ1) is 29.1. The van der Waals surface area contributed by atoms with Gasteiger partial charge in [0.1, 0.15) is 35.7 Å². The first-order chi connectivity index (χ1) is 18.6. The molecule has 1 aliphatic carbocycles. The van der Waals surface area contributed by atoms with Crippen LogP contribution in [0.3, 0.4) is 0 Å². The van der Waals surface area contributed by atoms with E-state index in [1.54, 1.807) is 42.6 Å². The SMILES string of the molecule is C[C@H](NP(=O)(OC[C@H]1O[C@@H]([n+]2cccc(C(N)=O)c2)[C@@H](O)C1O)Oc1ccccc1)C(=O)OC1CCCCC1. The van der Waals surface area contributed by atoms with Crippen LogP contribution in [0.25, 0.3) is 0 Å². The maximum absolute atomic E-state index is 13.8. The Kier molecular flexibility index (Phi) is 9.71. The molecule has 13 heteroatoms. The number of aliphatic hydroxyl groups excluding tert-OH is 2. The highest BCUT2D eigenvalue weighted by Crippen LogP contribution is 2.46. The van der Waals surface area contributed by atoms with Crippen molar-refractivity contribution in [3.8, 4) is 5.75 Å². The maximum atomic E-state index is 13.8. The number of primary amides is 1. The third-order valence-electron chi connectivity index (χ3n) is 6.66. The van der Waals surface area contributed by atoms with Crippen molar-refractivity contribution in [2.45, 2.75) is 75.7 Å². The first-order valence-electron chi connectivity index (χ1n) is 12.9. The number of carbonyl (C=O) groups is 2. The van der Waals surface area contributed by atoms with Crippen LogP contribution in [0, 0.1) is 0 Å². The Morgan fingerprint density at radius 3 is 2.54 bits per heavy atom. The lowest BCUT2D eigenvalue weighted by molar-refractivity contribution is -0.765. The van der Waals surface area contributed by atoms with Gasteiger partial charge < -0.3 is 29.9 Å². The fraction of sp³-hybridized carbons (Fsp3) is 0.500. The van der Waals surface area contributed by atoms with Gasteiger partial charge >= 0.3 is 13.7 Å². The van der Waals surface area contributed by atoms with E-state index in [9.17, 15) is 24.4 Å². The first-order valence-corrected chi connectivity index (χ1v) is 14.5. The molecule has 39 heavy (non-hydrogen) atoms. The minimum atomic E-state index is -4.21. The van der Waals surface area contributed by atoms with Gasteiger partial charge in [0.2, 0.25) is 0 Å². The molecule has 1 saturated carbocycles. The number of pyridine rings is 1. The molecule has 4 rings (SSSR count). The zero-order chi connectivity index (χ0) is 28.0. The number of nitrogens with zero attached hydrogens (tertiary/aromatic N) is 1. The number of hydrogen-bond donors (Lipinski definition) is 4. The lowest BCUT2D eigenvalue weighted by Crippen LogP contribution is -2.46. The monoisotopic (exact) mass is 564 g/mol. The lowest BCUT2D eigenvalue weighted by atomic mass is 9.98. The van der Waals surface area contributed by atoms with Crippen LogP contribution < -0.4 is 19.9 Å². The third-order valence-corrected chi connectivity index (χ3v) is 8.30. The lowest BCUT2D eigenvalue weighted by Gasteiger charge is -2.26. The van der Waals surface area contributed by atoms with Crippen LogP contribution in [0.5, 0.6) is 5.75 Å². The van der Waals surface area contributed by atoms with Crippen molar-refractivity contribution >= 4 is 19.6 Å². The molecule has 2 aliphatic rings. The molecular formula is C26H35N3O9P+. The van der Waals surface area contributed by atoms with Crippen molar-refractivity contribution in [2.24, 2.45) is 5.73 Å². The molecule has 0 bridgehead atoms. The van der Waals surface area contributed by atoms with E-state index in [0.717, 1.165) is 32.1 Å². The molecular weight excluding hydrogens is 529 g/mol. The Balaban J connectivity index is 1.44. The number of para-hydroxylation sites is 1. The summed E-state index contributed by atoms with van der Waals surface area (Å²) in [5, 5.41) is 23.9. The molecule has 1 amide bonds. The van der Waals surface area contributed by atoms with Crippen molar-refractivity contribution in [1.82, 2.24) is 5.09 Å². The number of benzene rings is 1. The summed E-state index contributed by atoms with van der Waals surface area (Å²) in [5.41, 5.74) is 5.51. The van der Waals surface area contributed by atoms with Crippen LogP contribution in [0.1, 0.15) is 55.6 Å². The average molecular weight is 565 g/mol. The Bertz CT molecular complexity index is 1180. The Hall–Kier alpha value is -2.86. The van der Waals surface area contributed by atoms with E-state index in [4.69, 9.17) is 24.3 Å². The van der Waals surface area contributed by atoms with E-state index in [2.05, 4.69) is 5.09 Å². The largest absolute Gasteiger partial charge is 0.461 e. The normalized spacial score (nSPS) is 25.9. The minimum absolute atomic E-state index is 0.182.